The Kier molecular flexibility index (Phi) is 3.40. The Hall–Kier alpha value is -1.07. The van der Waals surface area contributed by atoms with Gasteiger partial charge in [0.2, 0.25) is 10.0 Å². The highest BCUT2D eigenvalue weighted by molar-refractivity contribution is 7.89. The van der Waals surface area contributed by atoms with E-state index in [1.165, 1.54) is 5.56 Å². The van der Waals surface area contributed by atoms with E-state index < -0.39 is 10.0 Å². The van der Waals surface area contributed by atoms with E-state index in [-0.39, 0.29) is 11.8 Å². The van der Waals surface area contributed by atoms with Crippen LogP contribution in [0.2, 0.25) is 0 Å². The lowest BCUT2D eigenvalue weighted by Crippen LogP contribution is -2.32. The zero-order valence-electron chi connectivity index (χ0n) is 9.94. The van der Waals surface area contributed by atoms with Gasteiger partial charge in [-0.25, -0.2) is 13.1 Å². The molecule has 1 aromatic rings. The molecule has 1 atom stereocenters. The summed E-state index contributed by atoms with van der Waals surface area (Å²) >= 11 is 0. The molecule has 0 radical (unpaired) electrons. The summed E-state index contributed by atoms with van der Waals surface area (Å²) < 4.78 is 26.0. The molecule has 0 aliphatic heterocycles. The normalized spacial score (nSPS) is 19.9. The summed E-state index contributed by atoms with van der Waals surface area (Å²) in [5, 5.41) is 0. The number of rotatable bonds is 3. The molecule has 0 spiro atoms. The quantitative estimate of drug-likeness (QED) is 0.804. The summed E-state index contributed by atoms with van der Waals surface area (Å²) in [7, 11) is -3.15. The first-order chi connectivity index (χ1) is 8.02. The van der Waals surface area contributed by atoms with Crippen LogP contribution in [0.3, 0.4) is 0 Å². The van der Waals surface area contributed by atoms with E-state index in [0.29, 0.717) is 0 Å². The van der Waals surface area contributed by atoms with Gasteiger partial charge in [-0.3, -0.25) is 0 Å². The Morgan fingerprint density at radius 3 is 2.94 bits per heavy atom. The number of nitrogens with two attached hydrogens (primary N) is 1. The van der Waals surface area contributed by atoms with Crippen LogP contribution >= 0.6 is 0 Å². The smallest absolute Gasteiger partial charge is 0.211 e. The van der Waals surface area contributed by atoms with Crippen LogP contribution in [0.15, 0.2) is 18.2 Å². The predicted molar refractivity (Wildman–Crippen MR) is 69.1 cm³/mol. The number of anilines is 1. The van der Waals surface area contributed by atoms with Gasteiger partial charge in [0, 0.05) is 11.7 Å². The number of benzene rings is 1. The Morgan fingerprint density at radius 1 is 1.47 bits per heavy atom. The summed E-state index contributed by atoms with van der Waals surface area (Å²) in [4.78, 5) is 0. The standard InChI is InChI=1S/C12H18N2O2S/c1-2-17(15,16)14-12-5-3-4-9-8-10(13)6-7-11(9)12/h6-8,12,14H,2-5,13H2,1H3. The van der Waals surface area contributed by atoms with Crippen molar-refractivity contribution in [3.8, 4) is 0 Å². The van der Waals surface area contributed by atoms with Gasteiger partial charge in [-0.2, -0.15) is 0 Å². The summed E-state index contributed by atoms with van der Waals surface area (Å²) in [6.45, 7) is 1.65. The van der Waals surface area contributed by atoms with E-state index in [0.717, 1.165) is 30.5 Å². The highest BCUT2D eigenvalue weighted by Gasteiger charge is 2.23. The van der Waals surface area contributed by atoms with Gasteiger partial charge in [-0.15, -0.1) is 0 Å². The molecule has 0 heterocycles. The number of hydrogen-bond donors (Lipinski definition) is 2. The second-order valence-electron chi connectivity index (χ2n) is 4.42. The van der Waals surface area contributed by atoms with E-state index in [4.69, 9.17) is 5.73 Å². The van der Waals surface area contributed by atoms with Crippen molar-refractivity contribution in [1.29, 1.82) is 0 Å². The third-order valence-corrected chi connectivity index (χ3v) is 4.59. The third-order valence-electron chi connectivity index (χ3n) is 3.18. The molecule has 17 heavy (non-hydrogen) atoms. The summed E-state index contributed by atoms with van der Waals surface area (Å²) in [6, 6.07) is 5.62. The lowest BCUT2D eigenvalue weighted by atomic mass is 9.88. The van der Waals surface area contributed by atoms with Crippen LogP contribution in [0.4, 0.5) is 5.69 Å². The van der Waals surface area contributed by atoms with Crippen LogP contribution in [-0.2, 0) is 16.4 Å². The van der Waals surface area contributed by atoms with E-state index >= 15 is 0 Å². The summed E-state index contributed by atoms with van der Waals surface area (Å²) in [6.07, 6.45) is 2.83. The maximum atomic E-state index is 11.6. The van der Waals surface area contributed by atoms with E-state index in [9.17, 15) is 8.42 Å². The van der Waals surface area contributed by atoms with Crippen molar-refractivity contribution in [2.45, 2.75) is 32.2 Å². The van der Waals surface area contributed by atoms with Gasteiger partial charge >= 0.3 is 0 Å². The average molecular weight is 254 g/mol. The molecule has 0 amide bonds. The topological polar surface area (TPSA) is 72.2 Å². The van der Waals surface area contributed by atoms with Crippen molar-refractivity contribution >= 4 is 15.7 Å². The van der Waals surface area contributed by atoms with Gasteiger partial charge in [0.15, 0.2) is 0 Å². The van der Waals surface area contributed by atoms with Gasteiger partial charge in [0.05, 0.1) is 5.75 Å². The first-order valence-electron chi connectivity index (χ1n) is 5.90. The van der Waals surface area contributed by atoms with Gasteiger partial charge in [0.25, 0.3) is 0 Å². The third kappa shape index (κ3) is 2.79. The molecule has 4 nitrogen and oxygen atoms in total. The monoisotopic (exact) mass is 254 g/mol. The molecule has 0 fully saturated rings. The molecule has 0 saturated heterocycles. The molecule has 1 aliphatic rings. The maximum absolute atomic E-state index is 11.6. The molecule has 2 rings (SSSR count). The van der Waals surface area contributed by atoms with Gasteiger partial charge in [-0.1, -0.05) is 6.07 Å². The Bertz CT molecular complexity index is 511. The van der Waals surface area contributed by atoms with Crippen molar-refractivity contribution in [3.63, 3.8) is 0 Å². The number of hydrogen-bond acceptors (Lipinski definition) is 3. The SMILES string of the molecule is CCS(=O)(=O)NC1CCCc2cc(N)ccc21. The molecule has 1 unspecified atom stereocenters. The molecule has 0 bridgehead atoms. The van der Waals surface area contributed by atoms with E-state index in [1.54, 1.807) is 6.92 Å². The Morgan fingerprint density at radius 2 is 2.24 bits per heavy atom. The number of nitrogens with one attached hydrogen (secondary N) is 1. The summed E-state index contributed by atoms with van der Waals surface area (Å²) in [5.74, 6) is 0.119. The molecule has 1 aliphatic carbocycles. The fraction of sp³-hybridized carbons (Fsp3) is 0.500. The summed E-state index contributed by atoms with van der Waals surface area (Å²) in [5.41, 5.74) is 8.72. The van der Waals surface area contributed by atoms with Crippen LogP contribution in [-0.4, -0.2) is 14.2 Å². The average Bonchev–Trinajstić information content (AvgIpc) is 2.28. The maximum Gasteiger partial charge on any atom is 0.211 e. The lowest BCUT2D eigenvalue weighted by Gasteiger charge is -2.26. The van der Waals surface area contributed by atoms with E-state index in [2.05, 4.69) is 4.72 Å². The first-order valence-corrected chi connectivity index (χ1v) is 7.55. The molecular weight excluding hydrogens is 236 g/mol. The molecule has 0 saturated carbocycles. The molecule has 1 aromatic carbocycles. The zero-order chi connectivity index (χ0) is 12.5. The zero-order valence-corrected chi connectivity index (χ0v) is 10.8. The molecule has 3 N–H and O–H groups in total. The highest BCUT2D eigenvalue weighted by atomic mass is 32.2. The molecule has 5 heteroatoms. The van der Waals surface area contributed by atoms with Crippen molar-refractivity contribution in [2.75, 3.05) is 11.5 Å². The minimum absolute atomic E-state index is 0.0932. The molecular formula is C12H18N2O2S. The number of fused-ring (bicyclic) bond motifs is 1. The largest absolute Gasteiger partial charge is 0.399 e. The van der Waals surface area contributed by atoms with Crippen LogP contribution in [0.5, 0.6) is 0 Å². The fourth-order valence-electron chi connectivity index (χ4n) is 2.26. The van der Waals surface area contributed by atoms with Crippen LogP contribution in [0, 0.1) is 0 Å². The fourth-order valence-corrected chi connectivity index (χ4v) is 3.10. The van der Waals surface area contributed by atoms with Crippen LogP contribution in [0.1, 0.15) is 36.9 Å². The first kappa shape index (κ1) is 12.4. The van der Waals surface area contributed by atoms with Gasteiger partial charge in [-0.05, 0) is 49.4 Å². The minimum Gasteiger partial charge on any atom is -0.399 e. The van der Waals surface area contributed by atoms with E-state index in [1.807, 2.05) is 18.2 Å². The second kappa shape index (κ2) is 4.66. The van der Waals surface area contributed by atoms with Gasteiger partial charge < -0.3 is 5.73 Å². The van der Waals surface area contributed by atoms with Crippen LogP contribution < -0.4 is 10.5 Å². The molecule has 94 valence electrons. The lowest BCUT2D eigenvalue weighted by molar-refractivity contribution is 0.508. The predicted octanol–water partition coefficient (Wildman–Crippen LogP) is 1.59. The Balaban J connectivity index is 2.29. The number of aryl methyl sites for hydroxylation is 1. The van der Waals surface area contributed by atoms with Crippen molar-refractivity contribution in [1.82, 2.24) is 4.72 Å². The second-order valence-corrected chi connectivity index (χ2v) is 6.47. The Labute approximate surface area is 102 Å². The van der Waals surface area contributed by atoms with Gasteiger partial charge in [0.1, 0.15) is 0 Å². The highest BCUT2D eigenvalue weighted by Crippen LogP contribution is 2.31. The number of nitrogen functional groups attached to an aromatic ring is 1. The number of sulfonamides is 1. The molecule has 0 aromatic heterocycles. The van der Waals surface area contributed by atoms with Crippen molar-refractivity contribution < 1.29 is 8.42 Å². The van der Waals surface area contributed by atoms with Crippen molar-refractivity contribution in [2.24, 2.45) is 0 Å². The van der Waals surface area contributed by atoms with Crippen molar-refractivity contribution in [3.05, 3.63) is 29.3 Å². The van der Waals surface area contributed by atoms with Crippen LogP contribution in [0.25, 0.3) is 0 Å². The minimum atomic E-state index is -3.15.